The molecule has 5 radical (unpaired) electrons. The van der Waals surface area contributed by atoms with E-state index in [4.69, 9.17) is 0 Å². The fourth-order valence-electron chi connectivity index (χ4n) is 2.88. The Balaban J connectivity index is 0.00000289. The van der Waals surface area contributed by atoms with Crippen molar-refractivity contribution in [1.82, 2.24) is 0 Å². The van der Waals surface area contributed by atoms with Gasteiger partial charge in [0.1, 0.15) is 0 Å². The van der Waals surface area contributed by atoms with E-state index in [0.29, 0.717) is 23.7 Å². The summed E-state index contributed by atoms with van der Waals surface area (Å²) >= 11 is 0. The van der Waals surface area contributed by atoms with Crippen molar-refractivity contribution in [3.63, 3.8) is 0 Å². The van der Waals surface area contributed by atoms with Crippen molar-refractivity contribution in [2.45, 2.75) is 55.4 Å². The minimum Gasteiger partial charge on any atom is -0.0622 e. The van der Waals surface area contributed by atoms with E-state index in [1.165, 1.54) is 0 Å². The van der Waals surface area contributed by atoms with E-state index in [2.05, 4.69) is 61.8 Å². The van der Waals surface area contributed by atoms with Gasteiger partial charge in [0.15, 0.2) is 0 Å². The molecular formula is C17H29K+. The number of rotatable bonds is 4. The van der Waals surface area contributed by atoms with Crippen molar-refractivity contribution in [1.29, 1.82) is 0 Å². The van der Waals surface area contributed by atoms with Crippen LogP contribution in [0.2, 0.25) is 0 Å². The fourth-order valence-corrected chi connectivity index (χ4v) is 2.88. The van der Waals surface area contributed by atoms with Crippen molar-refractivity contribution >= 4 is 0 Å². The maximum Gasteiger partial charge on any atom is 1.00 e. The molecule has 1 aliphatic rings. The van der Waals surface area contributed by atoms with Gasteiger partial charge in [0, 0.05) is 0 Å². The van der Waals surface area contributed by atoms with E-state index in [1.54, 1.807) is 23.7 Å². The SMILES string of the molecule is CC(C)[C]1[CH][C](C(C)C)[C](C(C)C)[C]1C(C)C.[K+]. The van der Waals surface area contributed by atoms with Crippen molar-refractivity contribution in [2.24, 2.45) is 23.7 Å². The molecule has 97 valence electrons. The molecule has 0 spiro atoms. The van der Waals surface area contributed by atoms with Gasteiger partial charge in [-0.1, -0.05) is 55.4 Å². The third kappa shape index (κ3) is 4.31. The molecule has 1 fully saturated rings. The van der Waals surface area contributed by atoms with Crippen LogP contribution in [0.3, 0.4) is 0 Å². The molecule has 0 aliphatic heterocycles. The molecule has 0 aromatic heterocycles. The van der Waals surface area contributed by atoms with E-state index in [0.717, 1.165) is 0 Å². The quantitative estimate of drug-likeness (QED) is 0.688. The molecule has 1 rings (SSSR count). The predicted octanol–water partition coefficient (Wildman–Crippen LogP) is 2.13. The predicted molar refractivity (Wildman–Crippen MR) is 76.6 cm³/mol. The third-order valence-electron chi connectivity index (χ3n) is 3.62. The first kappa shape index (κ1) is 19.6. The van der Waals surface area contributed by atoms with Crippen LogP contribution >= 0.6 is 0 Å². The van der Waals surface area contributed by atoms with Gasteiger partial charge in [-0.05, 0) is 53.8 Å². The van der Waals surface area contributed by atoms with Gasteiger partial charge in [-0.3, -0.25) is 0 Å². The minimum absolute atomic E-state index is 0. The molecule has 0 saturated heterocycles. The Morgan fingerprint density at radius 2 is 0.833 bits per heavy atom. The Bertz CT molecular complexity index is 206. The van der Waals surface area contributed by atoms with Crippen LogP contribution in [-0.4, -0.2) is 0 Å². The Kier molecular flexibility index (Phi) is 8.91. The Labute approximate surface area is 158 Å². The summed E-state index contributed by atoms with van der Waals surface area (Å²) in [5, 5.41) is 0. The second-order valence-corrected chi connectivity index (χ2v) is 6.50. The van der Waals surface area contributed by atoms with Gasteiger partial charge in [-0.15, -0.1) is 0 Å². The summed E-state index contributed by atoms with van der Waals surface area (Å²) in [6.45, 7) is 18.6. The van der Waals surface area contributed by atoms with Gasteiger partial charge in [0.25, 0.3) is 0 Å². The van der Waals surface area contributed by atoms with Gasteiger partial charge in [-0.2, -0.15) is 0 Å². The first-order valence-corrected chi connectivity index (χ1v) is 7.10. The number of hydrogen-bond donors (Lipinski definition) is 0. The molecule has 0 aromatic carbocycles. The van der Waals surface area contributed by atoms with Crippen molar-refractivity contribution in [3.05, 3.63) is 30.1 Å². The van der Waals surface area contributed by atoms with E-state index < -0.39 is 0 Å². The summed E-state index contributed by atoms with van der Waals surface area (Å²) in [7, 11) is 0. The maximum atomic E-state index is 2.47. The molecular weight excluding hydrogens is 243 g/mol. The normalized spacial score (nSPS) is 20.7. The molecule has 0 heterocycles. The topological polar surface area (TPSA) is 0 Å². The second-order valence-electron chi connectivity index (χ2n) is 6.50. The zero-order chi connectivity index (χ0) is 13.3. The maximum absolute atomic E-state index is 2.47. The standard InChI is InChI=1S/C17H29.K/c1-10(2)14-9-15(11(3)4)17(13(7)8)16(14)12(5)6;/h9-13H,1-8H3;/q;+1. The van der Waals surface area contributed by atoms with E-state index in [1.807, 2.05) is 0 Å². The van der Waals surface area contributed by atoms with Crippen molar-refractivity contribution < 1.29 is 51.4 Å². The van der Waals surface area contributed by atoms with Crippen LogP contribution in [0.15, 0.2) is 0 Å². The molecule has 18 heavy (non-hydrogen) atoms. The van der Waals surface area contributed by atoms with Gasteiger partial charge in [0.05, 0.1) is 0 Å². The molecule has 0 N–H and O–H groups in total. The van der Waals surface area contributed by atoms with Crippen LogP contribution in [0.1, 0.15) is 55.4 Å². The van der Waals surface area contributed by atoms with E-state index >= 15 is 0 Å². The van der Waals surface area contributed by atoms with Gasteiger partial charge in [0.2, 0.25) is 0 Å². The molecule has 0 amide bonds. The second kappa shape index (κ2) is 8.17. The zero-order valence-corrected chi connectivity index (χ0v) is 17.0. The Morgan fingerprint density at radius 3 is 1.00 bits per heavy atom. The average Bonchev–Trinajstić information content (AvgIpc) is 2.56. The minimum atomic E-state index is 0. The van der Waals surface area contributed by atoms with Crippen molar-refractivity contribution in [2.75, 3.05) is 0 Å². The molecule has 1 saturated carbocycles. The first-order chi connectivity index (χ1) is 7.77. The Hall–Kier alpha value is 1.64. The summed E-state index contributed by atoms with van der Waals surface area (Å²) in [6, 6.07) is 0. The molecule has 1 aliphatic carbocycles. The summed E-state index contributed by atoms with van der Waals surface area (Å²) in [5.41, 5.74) is 0. The largest absolute Gasteiger partial charge is 1.00 e. The Morgan fingerprint density at radius 1 is 0.556 bits per heavy atom. The van der Waals surface area contributed by atoms with Crippen LogP contribution in [0, 0.1) is 53.8 Å². The number of hydrogen-bond acceptors (Lipinski definition) is 0. The van der Waals surface area contributed by atoms with Crippen LogP contribution in [0.25, 0.3) is 0 Å². The van der Waals surface area contributed by atoms with Crippen LogP contribution in [-0.2, 0) is 0 Å². The summed E-state index contributed by atoms with van der Waals surface area (Å²) in [5.74, 6) is 8.95. The third-order valence-corrected chi connectivity index (χ3v) is 3.62. The summed E-state index contributed by atoms with van der Waals surface area (Å²) in [4.78, 5) is 0. The molecule has 0 aromatic rings. The molecule has 1 heteroatoms. The smallest absolute Gasteiger partial charge is 0.0622 e. The fraction of sp³-hybridized carbons (Fsp3) is 0.706. The summed E-state index contributed by atoms with van der Waals surface area (Å²) < 4.78 is 0. The summed E-state index contributed by atoms with van der Waals surface area (Å²) in [6.07, 6.45) is 2.47. The van der Waals surface area contributed by atoms with Gasteiger partial charge < -0.3 is 0 Å². The van der Waals surface area contributed by atoms with E-state index in [-0.39, 0.29) is 51.4 Å². The molecule has 0 bridgehead atoms. The average molecular weight is 273 g/mol. The monoisotopic (exact) mass is 272 g/mol. The molecule has 0 atom stereocenters. The van der Waals surface area contributed by atoms with Crippen LogP contribution in [0.4, 0.5) is 0 Å². The van der Waals surface area contributed by atoms with Crippen LogP contribution in [0.5, 0.6) is 0 Å². The van der Waals surface area contributed by atoms with Crippen molar-refractivity contribution in [3.8, 4) is 0 Å². The first-order valence-electron chi connectivity index (χ1n) is 7.10. The van der Waals surface area contributed by atoms with E-state index in [9.17, 15) is 0 Å². The van der Waals surface area contributed by atoms with Gasteiger partial charge in [-0.25, -0.2) is 0 Å². The van der Waals surface area contributed by atoms with Gasteiger partial charge >= 0.3 is 51.4 Å². The molecule has 0 nitrogen and oxygen atoms in total. The van der Waals surface area contributed by atoms with Crippen LogP contribution < -0.4 is 51.4 Å². The zero-order valence-electron chi connectivity index (χ0n) is 13.9. The molecule has 0 unspecified atom stereocenters.